The van der Waals surface area contributed by atoms with Gasteiger partial charge in [-0.15, -0.1) is 0 Å². The number of para-hydroxylation sites is 2. The van der Waals surface area contributed by atoms with Crippen molar-refractivity contribution in [3.63, 3.8) is 0 Å². The largest absolute Gasteiger partial charge is 0.454 e. The topological polar surface area (TPSA) is 89.4 Å². The van der Waals surface area contributed by atoms with E-state index in [2.05, 4.69) is 4.98 Å². The third-order valence-corrected chi connectivity index (χ3v) is 4.40. The van der Waals surface area contributed by atoms with Gasteiger partial charge in [0, 0.05) is 27.9 Å². The third-order valence-electron chi connectivity index (χ3n) is 4.40. The lowest BCUT2D eigenvalue weighted by Crippen LogP contribution is -2.17. The molecule has 0 saturated heterocycles. The number of benzene rings is 2. The third kappa shape index (κ3) is 3.01. The number of esters is 1. The van der Waals surface area contributed by atoms with Crippen LogP contribution in [0.3, 0.4) is 0 Å². The molecule has 1 N–H and O–H groups in total. The van der Waals surface area contributed by atoms with Gasteiger partial charge >= 0.3 is 5.97 Å². The van der Waals surface area contributed by atoms with E-state index >= 15 is 0 Å². The number of ether oxygens (including phenoxy) is 1. The van der Waals surface area contributed by atoms with Crippen LogP contribution in [0.2, 0.25) is 0 Å². The van der Waals surface area contributed by atoms with Crippen LogP contribution in [0, 0.1) is 6.92 Å². The van der Waals surface area contributed by atoms with E-state index in [4.69, 9.17) is 9.15 Å². The number of hydrogen-bond donors (Lipinski definition) is 1. The Bertz CT molecular complexity index is 1250. The number of rotatable bonds is 4. The Labute approximate surface area is 153 Å². The van der Waals surface area contributed by atoms with E-state index in [1.165, 1.54) is 6.07 Å². The highest BCUT2D eigenvalue weighted by molar-refractivity contribution is 6.05. The van der Waals surface area contributed by atoms with E-state index in [0.29, 0.717) is 22.0 Å². The quantitative estimate of drug-likeness (QED) is 0.443. The fourth-order valence-corrected chi connectivity index (χ4v) is 3.09. The van der Waals surface area contributed by atoms with Gasteiger partial charge in [0.25, 0.3) is 0 Å². The SMILES string of the molecule is Cc1c(C(=O)COC(=O)c2cc(=O)[nH]c3ccccc23)oc2ccccc12. The number of furan rings is 1. The van der Waals surface area contributed by atoms with E-state index in [1.807, 2.05) is 18.2 Å². The van der Waals surface area contributed by atoms with Crippen LogP contribution in [0.5, 0.6) is 0 Å². The Morgan fingerprint density at radius 1 is 1.04 bits per heavy atom. The Hall–Kier alpha value is -3.67. The molecule has 0 fully saturated rings. The van der Waals surface area contributed by atoms with Crippen LogP contribution in [0.1, 0.15) is 26.5 Å². The number of aryl methyl sites for hydroxylation is 1. The van der Waals surface area contributed by atoms with Crippen LogP contribution in [0.4, 0.5) is 0 Å². The zero-order valence-electron chi connectivity index (χ0n) is 14.4. The monoisotopic (exact) mass is 361 g/mol. The number of aromatic nitrogens is 1. The second kappa shape index (κ2) is 6.57. The number of Topliss-reactive ketones (excluding diaryl/α,β-unsaturated/α-hetero) is 1. The minimum atomic E-state index is -0.737. The second-order valence-corrected chi connectivity index (χ2v) is 6.14. The molecule has 2 heterocycles. The molecule has 0 radical (unpaired) electrons. The number of carbonyl (C=O) groups excluding carboxylic acids is 2. The van der Waals surface area contributed by atoms with Gasteiger partial charge in [-0.3, -0.25) is 9.59 Å². The van der Waals surface area contributed by atoms with Crippen LogP contribution in [-0.4, -0.2) is 23.3 Å². The van der Waals surface area contributed by atoms with Crippen molar-refractivity contribution in [3.8, 4) is 0 Å². The predicted octanol–water partition coefficient (Wildman–Crippen LogP) is 3.62. The highest BCUT2D eigenvalue weighted by Gasteiger charge is 2.20. The number of H-pyrrole nitrogens is 1. The van der Waals surface area contributed by atoms with Crippen LogP contribution >= 0.6 is 0 Å². The van der Waals surface area contributed by atoms with Gasteiger partial charge in [-0.1, -0.05) is 36.4 Å². The summed E-state index contributed by atoms with van der Waals surface area (Å²) in [5.74, 6) is -1.01. The minimum absolute atomic E-state index is 0.114. The molecule has 0 unspecified atom stereocenters. The van der Waals surface area contributed by atoms with Gasteiger partial charge in [-0.2, -0.15) is 0 Å². The summed E-state index contributed by atoms with van der Waals surface area (Å²) in [5.41, 5.74) is 1.53. The highest BCUT2D eigenvalue weighted by atomic mass is 16.5. The molecule has 0 aliphatic heterocycles. The molecular weight excluding hydrogens is 346 g/mol. The first-order valence-electron chi connectivity index (χ1n) is 8.35. The van der Waals surface area contributed by atoms with Crippen molar-refractivity contribution in [2.45, 2.75) is 6.92 Å². The van der Waals surface area contributed by atoms with Gasteiger partial charge in [0.2, 0.25) is 11.3 Å². The lowest BCUT2D eigenvalue weighted by atomic mass is 10.1. The van der Waals surface area contributed by atoms with Crippen LogP contribution in [-0.2, 0) is 4.74 Å². The second-order valence-electron chi connectivity index (χ2n) is 6.14. The smallest absolute Gasteiger partial charge is 0.339 e. The summed E-state index contributed by atoms with van der Waals surface area (Å²) in [6, 6.07) is 15.4. The standard InChI is InChI=1S/C21H15NO5/c1-12-13-6-3-5-9-18(13)27-20(12)17(23)11-26-21(25)15-10-19(24)22-16-8-4-2-7-14(15)16/h2-10H,11H2,1H3,(H,22,24). The lowest BCUT2D eigenvalue weighted by Gasteiger charge is -2.06. The fourth-order valence-electron chi connectivity index (χ4n) is 3.09. The number of aromatic amines is 1. The van der Waals surface area contributed by atoms with Gasteiger partial charge in [-0.25, -0.2) is 4.79 Å². The maximum absolute atomic E-state index is 12.5. The molecule has 4 aromatic rings. The summed E-state index contributed by atoms with van der Waals surface area (Å²) in [5, 5.41) is 1.39. The molecule has 134 valence electrons. The molecule has 2 aromatic heterocycles. The van der Waals surface area contributed by atoms with Crippen LogP contribution in [0.25, 0.3) is 21.9 Å². The first-order valence-corrected chi connectivity index (χ1v) is 8.35. The van der Waals surface area contributed by atoms with E-state index in [0.717, 1.165) is 5.39 Å². The summed E-state index contributed by atoms with van der Waals surface area (Å²) < 4.78 is 10.7. The molecule has 0 amide bonds. The van der Waals surface area contributed by atoms with Crippen molar-refractivity contribution in [1.29, 1.82) is 0 Å². The average molecular weight is 361 g/mol. The normalized spacial score (nSPS) is 11.0. The molecule has 6 nitrogen and oxygen atoms in total. The van der Waals surface area contributed by atoms with E-state index in [-0.39, 0.29) is 11.3 Å². The van der Waals surface area contributed by atoms with E-state index in [9.17, 15) is 14.4 Å². The van der Waals surface area contributed by atoms with Gasteiger partial charge in [0.15, 0.2) is 12.4 Å². The molecule has 6 heteroatoms. The molecule has 0 atom stereocenters. The molecule has 2 aromatic carbocycles. The fraction of sp³-hybridized carbons (Fsp3) is 0.0952. The Balaban J connectivity index is 1.58. The van der Waals surface area contributed by atoms with Crippen molar-refractivity contribution in [1.82, 2.24) is 4.98 Å². The Morgan fingerprint density at radius 3 is 2.52 bits per heavy atom. The van der Waals surface area contributed by atoms with Gasteiger partial charge in [-0.05, 0) is 19.1 Å². The van der Waals surface area contributed by atoms with Crippen molar-refractivity contribution in [3.05, 3.63) is 81.8 Å². The molecule has 0 bridgehead atoms. The van der Waals surface area contributed by atoms with Gasteiger partial charge in [0.05, 0.1) is 5.56 Å². The maximum atomic E-state index is 12.5. The number of hydrogen-bond acceptors (Lipinski definition) is 5. The zero-order valence-corrected chi connectivity index (χ0v) is 14.4. The van der Waals surface area contributed by atoms with Crippen molar-refractivity contribution < 1.29 is 18.7 Å². The number of carbonyl (C=O) groups is 2. The van der Waals surface area contributed by atoms with Crippen LogP contribution in [0.15, 0.2) is 63.8 Å². The van der Waals surface area contributed by atoms with E-state index < -0.39 is 23.9 Å². The Kier molecular flexibility index (Phi) is 4.08. The highest BCUT2D eigenvalue weighted by Crippen LogP contribution is 2.25. The van der Waals surface area contributed by atoms with Crippen molar-refractivity contribution in [2.24, 2.45) is 0 Å². The average Bonchev–Trinajstić information content (AvgIpc) is 3.02. The van der Waals surface area contributed by atoms with Crippen molar-refractivity contribution in [2.75, 3.05) is 6.61 Å². The molecule has 0 spiro atoms. The maximum Gasteiger partial charge on any atom is 0.339 e. The number of fused-ring (bicyclic) bond motifs is 2. The number of ketones is 1. The van der Waals surface area contributed by atoms with Crippen LogP contribution < -0.4 is 5.56 Å². The lowest BCUT2D eigenvalue weighted by molar-refractivity contribution is 0.0470. The van der Waals surface area contributed by atoms with Crippen molar-refractivity contribution >= 4 is 33.6 Å². The first-order chi connectivity index (χ1) is 13.0. The summed E-state index contributed by atoms with van der Waals surface area (Å²) in [4.78, 5) is 39.3. The number of nitrogens with one attached hydrogen (secondary N) is 1. The molecular formula is C21H15NO5. The Morgan fingerprint density at radius 2 is 1.74 bits per heavy atom. The van der Waals surface area contributed by atoms with Gasteiger partial charge < -0.3 is 14.1 Å². The summed E-state index contributed by atoms with van der Waals surface area (Å²) in [6.45, 7) is 1.31. The molecule has 27 heavy (non-hydrogen) atoms. The molecule has 4 rings (SSSR count). The molecule has 0 aliphatic rings. The van der Waals surface area contributed by atoms with Gasteiger partial charge in [0.1, 0.15) is 5.58 Å². The summed E-state index contributed by atoms with van der Waals surface area (Å²) >= 11 is 0. The predicted molar refractivity (Wildman–Crippen MR) is 100 cm³/mol. The van der Waals surface area contributed by atoms with E-state index in [1.54, 1.807) is 37.3 Å². The number of pyridine rings is 1. The first kappa shape index (κ1) is 16.8. The molecule has 0 aliphatic carbocycles. The summed E-state index contributed by atoms with van der Waals surface area (Å²) in [6.07, 6.45) is 0. The zero-order chi connectivity index (χ0) is 19.0. The summed E-state index contributed by atoms with van der Waals surface area (Å²) in [7, 11) is 0. The molecule has 0 saturated carbocycles. The minimum Gasteiger partial charge on any atom is -0.454 e.